The molecule has 0 bridgehead atoms. The first kappa shape index (κ1) is 54.5. The zero-order valence-electron chi connectivity index (χ0n) is 44.9. The normalized spacial score (nSPS) is 40.2. The van der Waals surface area contributed by atoms with Gasteiger partial charge in [0.25, 0.3) is 5.91 Å². The Morgan fingerprint density at radius 1 is 0.667 bits per heavy atom. The molecule has 3 aromatic rings. The van der Waals surface area contributed by atoms with E-state index in [0.717, 1.165) is 0 Å². The van der Waals surface area contributed by atoms with E-state index in [1.807, 2.05) is 33.8 Å². The molecule has 1 amide bonds. The number of methoxy groups -OCH3 is 3. The average Bonchev–Trinajstić information content (AvgIpc) is 3.66. The lowest BCUT2D eigenvalue weighted by Gasteiger charge is -2.46. The zero-order valence-corrected chi connectivity index (χ0v) is 44.9. The van der Waals surface area contributed by atoms with Crippen LogP contribution in [0.4, 0.5) is 0 Å². The maximum atomic E-state index is 14.6. The molecule has 78 heavy (non-hydrogen) atoms. The fraction of sp³-hybridized carbons (Fsp3) is 0.709. The Kier molecular flexibility index (Phi) is 14.7. The number of amides is 1. The van der Waals surface area contributed by atoms with Gasteiger partial charge in [0.2, 0.25) is 5.43 Å². The smallest absolute Gasteiger partial charge is 0.260 e. The molecule has 2 aromatic carbocycles. The van der Waals surface area contributed by atoms with Crippen LogP contribution >= 0.6 is 0 Å². The molecule has 5 saturated heterocycles. The molecule has 5 N–H and O–H groups in total. The molecule has 0 spiro atoms. The van der Waals surface area contributed by atoms with Gasteiger partial charge in [0.05, 0.1) is 84.9 Å². The minimum absolute atomic E-state index is 0.0572. The highest BCUT2D eigenvalue weighted by Gasteiger charge is 2.51. The molecular formula is C55H71NO22. The summed E-state index contributed by atoms with van der Waals surface area (Å²) in [6, 6.07) is 1.83. The van der Waals surface area contributed by atoms with Crippen LogP contribution in [0.3, 0.4) is 0 Å². The fourth-order valence-electron chi connectivity index (χ4n) is 13.6. The van der Waals surface area contributed by atoms with E-state index in [9.17, 15) is 35.1 Å². The van der Waals surface area contributed by atoms with E-state index in [2.05, 4.69) is 0 Å². The van der Waals surface area contributed by atoms with E-state index < -0.39 is 140 Å². The first-order valence-corrected chi connectivity index (χ1v) is 27.2. The highest BCUT2D eigenvalue weighted by Crippen LogP contribution is 2.58. The maximum absolute atomic E-state index is 14.6. The lowest BCUT2D eigenvalue weighted by Crippen LogP contribution is -2.57. The van der Waals surface area contributed by atoms with Crippen LogP contribution in [0.25, 0.3) is 22.1 Å². The number of fused-ring (bicyclic) bond motifs is 7. The summed E-state index contributed by atoms with van der Waals surface area (Å²) in [5.74, 6) is -1.49. The number of ether oxygens (including phenoxy) is 14. The maximum Gasteiger partial charge on any atom is 0.260 e. The number of aliphatic hydroxyl groups is 3. The number of rotatable bonds is 11. The van der Waals surface area contributed by atoms with Gasteiger partial charge in [0.1, 0.15) is 52.8 Å². The van der Waals surface area contributed by atoms with E-state index in [1.165, 1.54) is 0 Å². The number of phenolic OH excluding ortho intramolecular Hbond substituents is 2. The molecule has 0 unspecified atom stereocenters. The van der Waals surface area contributed by atoms with Gasteiger partial charge in [-0.15, -0.1) is 0 Å². The highest BCUT2D eigenvalue weighted by atomic mass is 16.8. The molecule has 9 aliphatic rings. The van der Waals surface area contributed by atoms with E-state index in [1.54, 1.807) is 33.2 Å². The van der Waals surface area contributed by atoms with Crippen LogP contribution in [0.5, 0.6) is 17.2 Å². The lowest BCUT2D eigenvalue weighted by molar-refractivity contribution is -0.342. The summed E-state index contributed by atoms with van der Waals surface area (Å²) < 4.78 is 92.6. The second-order valence-electron chi connectivity index (χ2n) is 22.4. The number of aromatic hydroxyl groups is 2. The van der Waals surface area contributed by atoms with Crippen molar-refractivity contribution in [3.8, 4) is 28.4 Å². The summed E-state index contributed by atoms with van der Waals surface area (Å²) in [6.45, 7) is 9.71. The van der Waals surface area contributed by atoms with Gasteiger partial charge >= 0.3 is 0 Å². The molecule has 0 saturated carbocycles. The van der Waals surface area contributed by atoms with E-state index >= 15 is 0 Å². The molecule has 5 fully saturated rings. The average molecular weight is 1100 g/mol. The number of phenols is 2. The van der Waals surface area contributed by atoms with Crippen LogP contribution in [0.1, 0.15) is 130 Å². The Hall–Kier alpha value is -4.12. The van der Waals surface area contributed by atoms with Crippen molar-refractivity contribution in [3.63, 3.8) is 0 Å². The Morgan fingerprint density at radius 2 is 1.29 bits per heavy atom. The predicted octanol–water partition coefficient (Wildman–Crippen LogP) is 3.93. The fourth-order valence-corrected chi connectivity index (χ4v) is 13.6. The van der Waals surface area contributed by atoms with Crippen molar-refractivity contribution < 1.29 is 101 Å². The zero-order chi connectivity index (χ0) is 54.8. The van der Waals surface area contributed by atoms with E-state index in [4.69, 9.17) is 70.7 Å². The van der Waals surface area contributed by atoms with Gasteiger partial charge in [0.15, 0.2) is 43.3 Å². The number of aliphatic hydroxyl groups excluding tert-OH is 3. The van der Waals surface area contributed by atoms with Gasteiger partial charge in [-0.25, -0.2) is 0 Å². The summed E-state index contributed by atoms with van der Waals surface area (Å²) in [5, 5.41) is 57.9. The van der Waals surface area contributed by atoms with Crippen molar-refractivity contribution in [2.24, 2.45) is 0 Å². The number of carbonyl (C=O) groups excluding carboxylic acids is 1. The number of carbonyl (C=O) groups is 1. The Balaban J connectivity index is 0.700. The van der Waals surface area contributed by atoms with Crippen molar-refractivity contribution in [1.82, 2.24) is 4.90 Å². The Bertz CT molecular complexity index is 2850. The van der Waals surface area contributed by atoms with E-state index in [-0.39, 0.29) is 70.1 Å². The van der Waals surface area contributed by atoms with Crippen molar-refractivity contribution >= 4 is 16.9 Å². The van der Waals surface area contributed by atoms with Gasteiger partial charge in [-0.05, 0) is 52.2 Å². The lowest BCUT2D eigenvalue weighted by atomic mass is 9.77. The minimum atomic E-state index is -1.55. The SMILES string of the molecule is CO[C@H]1C[C@H](O[C@@H]2[C@H](C)O[C@H](O[C@H]3CC[C@H](O[C@@H]4C[C@@H](O)c5c(oc6c7c8c(c(O)c6c5=O)-c5c(cc6c(c5O)C(=O)N5CCO[C@]5(C)C6)C[C@H]8OCO7)[C@@H]4O)O[C@@H]3C)C[C@@H]2OC)O[C@@H](C)[C@H]1O[C@H]1C[C@@H](OC)[C@@H](O)[C@@H](C)O1. The Morgan fingerprint density at radius 3 is 1.96 bits per heavy atom. The van der Waals surface area contributed by atoms with Gasteiger partial charge in [-0.2, -0.15) is 0 Å². The molecule has 0 radical (unpaired) electrons. The van der Waals surface area contributed by atoms with Crippen LogP contribution in [-0.4, -0.2) is 182 Å². The van der Waals surface area contributed by atoms with Gasteiger partial charge in [-0.1, -0.05) is 6.07 Å². The molecule has 428 valence electrons. The molecule has 20 atom stereocenters. The van der Waals surface area contributed by atoms with Crippen LogP contribution in [0.15, 0.2) is 15.3 Å². The van der Waals surface area contributed by atoms with Crippen molar-refractivity contribution in [2.45, 2.75) is 208 Å². The van der Waals surface area contributed by atoms with E-state index in [0.29, 0.717) is 68.4 Å². The second kappa shape index (κ2) is 21.0. The third-order valence-electron chi connectivity index (χ3n) is 17.6. The molecule has 8 heterocycles. The molecule has 23 heteroatoms. The van der Waals surface area contributed by atoms with Crippen LogP contribution in [-0.2, 0) is 74.4 Å². The third-order valence-corrected chi connectivity index (χ3v) is 17.6. The van der Waals surface area contributed by atoms with Crippen molar-refractivity contribution in [1.29, 1.82) is 0 Å². The summed E-state index contributed by atoms with van der Waals surface area (Å²) in [6.07, 6.45) is -10.7. The molecule has 12 rings (SSSR count). The number of nitrogens with zero attached hydrogens (tertiary/aromatic N) is 1. The molecule has 1 aromatic heterocycles. The second-order valence-corrected chi connectivity index (χ2v) is 22.4. The largest absolute Gasteiger partial charge is 0.506 e. The monoisotopic (exact) mass is 1100 g/mol. The van der Waals surface area contributed by atoms with Gasteiger partial charge in [-0.3, -0.25) is 9.59 Å². The molecule has 2 aliphatic carbocycles. The first-order chi connectivity index (χ1) is 37.4. The van der Waals surface area contributed by atoms with Crippen LogP contribution < -0.4 is 10.2 Å². The molecular weight excluding hydrogens is 1030 g/mol. The summed E-state index contributed by atoms with van der Waals surface area (Å²) >= 11 is 0. The first-order valence-electron chi connectivity index (χ1n) is 27.2. The topological polar surface area (TPSA) is 281 Å². The van der Waals surface area contributed by atoms with Gasteiger partial charge < -0.3 is 101 Å². The number of hydrogen-bond acceptors (Lipinski definition) is 22. The highest BCUT2D eigenvalue weighted by molar-refractivity contribution is 6.06. The predicted molar refractivity (Wildman–Crippen MR) is 266 cm³/mol. The standard InChI is InChI=1S/C55H71NO22/c1-21-28(74-35-17-32(65-7)49(23(3)72-35)77-37-18-33(66-8)50(24(4)73-37)76-36-16-30(64-6)44(58)22(2)71-36)9-10-34(70-21)75-31-15-27(57)40-47(61)43-48(62)42-38-25(13-26-19-55(5)56(11-12-69-55)54(63)39(26)46(38)60)14-29-41(42)52(68-20-67-29)53(43)78-51(40)45(31)59/h13,21-24,27-37,44-45,49-50,57-60,62H,9-12,14-20H2,1-8H3/t21-,22-,23+,24+,27-,28+,29-,30-,31-,32+,33+,34+,35-,36+,37+,44+,45-,49-,50-,55-/m1/s1. The van der Waals surface area contributed by atoms with Crippen molar-refractivity contribution in [2.75, 3.05) is 41.3 Å². The summed E-state index contributed by atoms with van der Waals surface area (Å²) in [4.78, 5) is 30.2. The van der Waals surface area contributed by atoms with Crippen LogP contribution in [0.2, 0.25) is 0 Å². The number of hydrogen-bond donors (Lipinski definition) is 5. The Labute approximate surface area is 449 Å². The van der Waals surface area contributed by atoms with Crippen LogP contribution in [0, 0.1) is 0 Å². The quantitative estimate of drug-likeness (QED) is 0.182. The minimum Gasteiger partial charge on any atom is -0.506 e. The third kappa shape index (κ3) is 9.13. The molecule has 7 aliphatic heterocycles. The summed E-state index contributed by atoms with van der Waals surface area (Å²) in [7, 11) is 4.78. The van der Waals surface area contributed by atoms with Gasteiger partial charge in [0, 0.05) is 89.5 Å². The molecule has 23 nitrogen and oxygen atoms in total. The van der Waals surface area contributed by atoms with Crippen molar-refractivity contribution in [3.05, 3.63) is 49.9 Å². The number of benzene rings is 2. The summed E-state index contributed by atoms with van der Waals surface area (Å²) in [5.41, 5.74) is -0.291.